The first kappa shape index (κ1) is 9.85. The van der Waals surface area contributed by atoms with Crippen LogP contribution in [0.2, 0.25) is 0 Å². The van der Waals surface area contributed by atoms with E-state index < -0.39 is 37.3 Å². The first-order valence-corrected chi connectivity index (χ1v) is 3.56. The highest BCUT2D eigenvalue weighted by molar-refractivity contribution is 4.87. The van der Waals surface area contributed by atoms with Crippen molar-refractivity contribution >= 4 is 0 Å². The fraction of sp³-hybridized carbons (Fsp3) is 1.00. The second kappa shape index (κ2) is 3.65. The van der Waals surface area contributed by atoms with Crippen LogP contribution in [0.5, 0.6) is 0 Å². The average molecular weight is 180 g/mol. The Labute approximate surface area is 68.6 Å². The molecule has 1 aliphatic heterocycles. The molecule has 0 aromatic rings. The number of rotatable bonds is 1. The highest BCUT2D eigenvalue weighted by Gasteiger charge is 2.42. The Hall–Kier alpha value is -0.240. The summed E-state index contributed by atoms with van der Waals surface area (Å²) in [6.07, 6.45) is -7.04. The number of aliphatic hydroxyl groups is 5. The largest absolute Gasteiger partial charge is 0.394 e. The van der Waals surface area contributed by atoms with Gasteiger partial charge in [-0.2, -0.15) is 0 Å². The molecule has 6 nitrogen and oxygen atoms in total. The minimum atomic E-state index is -1.57. The lowest BCUT2D eigenvalue weighted by atomic mass is 10.00. The Balaban J connectivity index is 2.63. The Morgan fingerprint density at radius 3 is 2.00 bits per heavy atom. The van der Waals surface area contributed by atoms with Gasteiger partial charge in [-0.1, -0.05) is 0 Å². The molecule has 0 aliphatic carbocycles. The molecule has 12 heavy (non-hydrogen) atoms. The maximum atomic E-state index is 9.12. The minimum absolute atomic E-state index is 0.526. The Bertz CT molecular complexity index is 146. The lowest BCUT2D eigenvalue weighted by molar-refractivity contribution is -0.286. The first-order valence-electron chi connectivity index (χ1n) is 3.56. The zero-order chi connectivity index (χ0) is 9.30. The predicted octanol–water partition coefficient (Wildman–Crippen LogP) is -3.22. The summed E-state index contributed by atoms with van der Waals surface area (Å²) in [5.74, 6) is 0. The summed E-state index contributed by atoms with van der Waals surface area (Å²) in [4.78, 5) is 0. The van der Waals surface area contributed by atoms with E-state index in [1.807, 2.05) is 0 Å². The van der Waals surface area contributed by atoms with E-state index in [1.54, 1.807) is 0 Å². The van der Waals surface area contributed by atoms with E-state index >= 15 is 0 Å². The second-order valence-corrected chi connectivity index (χ2v) is 2.72. The summed E-state index contributed by atoms with van der Waals surface area (Å²) in [6, 6.07) is 0. The van der Waals surface area contributed by atoms with Crippen LogP contribution in [0.1, 0.15) is 0 Å². The third-order valence-corrected chi connectivity index (χ3v) is 1.87. The van der Waals surface area contributed by atoms with E-state index in [2.05, 4.69) is 4.74 Å². The number of hydrogen-bond donors (Lipinski definition) is 5. The van der Waals surface area contributed by atoms with E-state index in [0.717, 1.165) is 0 Å². The van der Waals surface area contributed by atoms with Gasteiger partial charge in [0.05, 0.1) is 6.61 Å². The van der Waals surface area contributed by atoms with Crippen LogP contribution in [0, 0.1) is 0 Å². The Morgan fingerprint density at radius 1 is 0.917 bits per heavy atom. The van der Waals surface area contributed by atoms with Gasteiger partial charge in [-0.25, -0.2) is 0 Å². The van der Waals surface area contributed by atoms with Crippen molar-refractivity contribution in [1.82, 2.24) is 0 Å². The van der Waals surface area contributed by atoms with Gasteiger partial charge in [-0.3, -0.25) is 0 Å². The van der Waals surface area contributed by atoms with Crippen LogP contribution in [0.3, 0.4) is 0 Å². The van der Waals surface area contributed by atoms with Crippen LogP contribution in [-0.2, 0) is 4.74 Å². The molecule has 0 aromatic carbocycles. The van der Waals surface area contributed by atoms with Crippen LogP contribution in [0.15, 0.2) is 0 Å². The summed E-state index contributed by atoms with van der Waals surface area (Å²) in [5.41, 5.74) is 0. The van der Waals surface area contributed by atoms with Crippen molar-refractivity contribution in [2.45, 2.75) is 30.7 Å². The lowest BCUT2D eigenvalue weighted by Gasteiger charge is -2.37. The maximum absolute atomic E-state index is 9.12. The van der Waals surface area contributed by atoms with Crippen LogP contribution in [0.25, 0.3) is 0 Å². The van der Waals surface area contributed by atoms with E-state index in [4.69, 9.17) is 25.5 Å². The van der Waals surface area contributed by atoms with Gasteiger partial charge in [0.1, 0.15) is 24.4 Å². The number of ether oxygens (including phenoxy) is 1. The second-order valence-electron chi connectivity index (χ2n) is 2.72. The van der Waals surface area contributed by atoms with Gasteiger partial charge >= 0.3 is 0 Å². The fourth-order valence-electron chi connectivity index (χ4n) is 1.08. The molecule has 5 atom stereocenters. The van der Waals surface area contributed by atoms with Crippen molar-refractivity contribution in [2.75, 3.05) is 6.61 Å². The van der Waals surface area contributed by atoms with Crippen molar-refractivity contribution in [3.8, 4) is 0 Å². The molecule has 1 saturated heterocycles. The van der Waals surface area contributed by atoms with Gasteiger partial charge in [0.2, 0.25) is 0 Å². The van der Waals surface area contributed by atoms with Crippen molar-refractivity contribution in [3.05, 3.63) is 0 Å². The molecule has 0 amide bonds. The molecule has 0 bridgehead atoms. The van der Waals surface area contributed by atoms with E-state index in [9.17, 15) is 0 Å². The van der Waals surface area contributed by atoms with E-state index in [0.29, 0.717) is 0 Å². The highest BCUT2D eigenvalue weighted by atomic mass is 16.6. The quantitative estimate of drug-likeness (QED) is 0.290. The van der Waals surface area contributed by atoms with Crippen LogP contribution >= 0.6 is 0 Å². The summed E-state index contributed by atoms with van der Waals surface area (Å²) in [5, 5.41) is 44.7. The van der Waals surface area contributed by atoms with Gasteiger partial charge in [-0.05, 0) is 0 Å². The fourth-order valence-corrected chi connectivity index (χ4v) is 1.08. The van der Waals surface area contributed by atoms with E-state index in [1.165, 1.54) is 0 Å². The molecular formula is C6H12O6. The minimum Gasteiger partial charge on any atom is -0.394 e. The smallest absolute Gasteiger partial charge is 0.184 e. The predicted molar refractivity (Wildman–Crippen MR) is 36.0 cm³/mol. The molecular weight excluding hydrogens is 168 g/mol. The van der Waals surface area contributed by atoms with Crippen molar-refractivity contribution in [1.29, 1.82) is 0 Å². The topological polar surface area (TPSA) is 110 Å². The average Bonchev–Trinajstić information content (AvgIpc) is 2.08. The summed E-state index contributed by atoms with van der Waals surface area (Å²) < 4.78 is 4.58. The van der Waals surface area contributed by atoms with Crippen molar-refractivity contribution < 1.29 is 30.3 Å². The van der Waals surface area contributed by atoms with Gasteiger partial charge < -0.3 is 30.3 Å². The molecule has 0 saturated carbocycles. The molecule has 0 aromatic heterocycles. The molecule has 6 heteroatoms. The molecule has 0 spiro atoms. The molecule has 0 radical (unpaired) electrons. The van der Waals surface area contributed by atoms with Crippen LogP contribution in [0.4, 0.5) is 0 Å². The molecule has 2 unspecified atom stereocenters. The maximum Gasteiger partial charge on any atom is 0.184 e. The van der Waals surface area contributed by atoms with Crippen LogP contribution < -0.4 is 0 Å². The zero-order valence-electron chi connectivity index (χ0n) is 6.24. The number of hydrogen-bond acceptors (Lipinski definition) is 6. The zero-order valence-corrected chi connectivity index (χ0v) is 6.24. The Morgan fingerprint density at radius 2 is 1.50 bits per heavy atom. The third-order valence-electron chi connectivity index (χ3n) is 1.87. The molecule has 1 heterocycles. The first-order chi connectivity index (χ1) is 5.57. The molecule has 1 aliphatic rings. The van der Waals surface area contributed by atoms with Crippen LogP contribution in [-0.4, -0.2) is 62.8 Å². The standard InChI is InChI=1S/C6H12O6/c7-1-2-3(8)4(9)5(10)6(11)12-2/h2-11H,1H2/t2-,3?,4+,5?,6-/m1/s1. The number of aliphatic hydroxyl groups excluding tert-OH is 5. The van der Waals surface area contributed by atoms with Gasteiger partial charge in [0.15, 0.2) is 6.29 Å². The molecule has 1 rings (SSSR count). The summed E-state index contributed by atoms with van der Waals surface area (Å²) >= 11 is 0. The SMILES string of the molecule is OC[C@H]1O[C@@H](O)C(O)[C@@H](O)C1O. The molecule has 5 N–H and O–H groups in total. The normalized spacial score (nSPS) is 49.2. The molecule has 72 valence electrons. The lowest BCUT2D eigenvalue weighted by Crippen LogP contribution is -2.58. The van der Waals surface area contributed by atoms with Crippen molar-refractivity contribution in [2.24, 2.45) is 0 Å². The third kappa shape index (κ3) is 1.58. The van der Waals surface area contributed by atoms with E-state index in [-0.39, 0.29) is 0 Å². The highest BCUT2D eigenvalue weighted by Crippen LogP contribution is 2.18. The molecule has 1 fully saturated rings. The monoisotopic (exact) mass is 180 g/mol. The van der Waals surface area contributed by atoms with Gasteiger partial charge in [-0.15, -0.1) is 0 Å². The van der Waals surface area contributed by atoms with Gasteiger partial charge in [0, 0.05) is 0 Å². The van der Waals surface area contributed by atoms with Crippen molar-refractivity contribution in [3.63, 3.8) is 0 Å². The summed E-state index contributed by atoms with van der Waals surface area (Å²) in [7, 11) is 0. The summed E-state index contributed by atoms with van der Waals surface area (Å²) in [6.45, 7) is -0.526. The Kier molecular flexibility index (Phi) is 2.99. The van der Waals surface area contributed by atoms with Gasteiger partial charge in [0.25, 0.3) is 0 Å².